The number of rotatable bonds is 7. The number of hydrogen-bond acceptors (Lipinski definition) is 3. The molecule has 0 atom stereocenters. The summed E-state index contributed by atoms with van der Waals surface area (Å²) >= 11 is 0. The topological polar surface area (TPSA) is 41.8 Å². The van der Waals surface area contributed by atoms with E-state index in [2.05, 4.69) is 44.9 Å². The molecule has 4 heteroatoms. The van der Waals surface area contributed by atoms with Crippen LogP contribution in [-0.2, 0) is 16.6 Å². The third-order valence-corrected chi connectivity index (χ3v) is 10.6. The van der Waals surface area contributed by atoms with Crippen molar-refractivity contribution in [2.45, 2.75) is 51.1 Å². The molecule has 0 aliphatic heterocycles. The number of benzene rings is 3. The number of nitrogens with zero attached hydrogens (tertiary/aromatic N) is 1. The van der Waals surface area contributed by atoms with E-state index in [0.717, 1.165) is 22.4 Å². The van der Waals surface area contributed by atoms with Crippen LogP contribution in [0.5, 0.6) is 0 Å². The van der Waals surface area contributed by atoms with E-state index in [1.807, 2.05) is 78.9 Å². The highest BCUT2D eigenvalue weighted by Crippen LogP contribution is 2.37. The van der Waals surface area contributed by atoms with Gasteiger partial charge in [-0.25, -0.2) is 0 Å². The fraction of sp³-hybridized carbons (Fsp3) is 0.296. The van der Waals surface area contributed by atoms with Crippen LogP contribution in [0.15, 0.2) is 89.9 Å². The second-order valence-corrected chi connectivity index (χ2v) is 14.3. The highest BCUT2D eigenvalue weighted by Gasteiger charge is 2.37. The van der Waals surface area contributed by atoms with E-state index in [4.69, 9.17) is 4.43 Å². The second kappa shape index (κ2) is 9.31. The quantitative estimate of drug-likeness (QED) is 0.328. The standard InChI is InChI=1S/C27H33NO2Si/c1-26(2,3)31(4,5)30-20-22-13-12-18-25(19-22)28-21-27(29,23-14-8-6-9-15-23)24-16-10-7-11-17-24/h6-19,21,29H,20H2,1-5H3. The first-order valence-corrected chi connectivity index (χ1v) is 13.6. The molecule has 0 fully saturated rings. The molecule has 3 aromatic rings. The minimum absolute atomic E-state index is 0.171. The minimum atomic E-state index is -1.82. The van der Waals surface area contributed by atoms with Crippen molar-refractivity contribution in [1.29, 1.82) is 0 Å². The average Bonchev–Trinajstić information content (AvgIpc) is 2.77. The van der Waals surface area contributed by atoms with Gasteiger partial charge < -0.3 is 9.53 Å². The highest BCUT2D eigenvalue weighted by molar-refractivity contribution is 6.74. The van der Waals surface area contributed by atoms with Gasteiger partial charge in [0.05, 0.1) is 12.3 Å². The Morgan fingerprint density at radius 3 is 1.90 bits per heavy atom. The molecule has 0 amide bonds. The molecule has 0 saturated heterocycles. The summed E-state index contributed by atoms with van der Waals surface area (Å²) in [5.41, 5.74) is 2.13. The number of hydrogen-bond donors (Lipinski definition) is 1. The van der Waals surface area contributed by atoms with E-state index in [1.54, 1.807) is 6.21 Å². The predicted octanol–water partition coefficient (Wildman–Crippen LogP) is 6.85. The van der Waals surface area contributed by atoms with Gasteiger partial charge in [0.2, 0.25) is 0 Å². The number of aliphatic imine (C=N–C) groups is 1. The minimum Gasteiger partial charge on any atom is -0.413 e. The van der Waals surface area contributed by atoms with Crippen molar-refractivity contribution in [3.8, 4) is 0 Å². The van der Waals surface area contributed by atoms with Gasteiger partial charge in [-0.2, -0.15) is 0 Å². The lowest BCUT2D eigenvalue weighted by atomic mass is 9.87. The Balaban J connectivity index is 1.86. The lowest BCUT2D eigenvalue weighted by molar-refractivity contribution is 0.161. The van der Waals surface area contributed by atoms with Crippen LogP contribution in [0.4, 0.5) is 5.69 Å². The lowest BCUT2D eigenvalue weighted by Crippen LogP contribution is -2.40. The van der Waals surface area contributed by atoms with Crippen LogP contribution in [-0.4, -0.2) is 19.6 Å². The molecule has 0 aromatic heterocycles. The zero-order valence-electron chi connectivity index (χ0n) is 19.2. The largest absolute Gasteiger partial charge is 0.413 e. The van der Waals surface area contributed by atoms with E-state index in [1.165, 1.54) is 0 Å². The molecule has 0 radical (unpaired) electrons. The molecular formula is C27H33NO2Si. The molecule has 1 N–H and O–H groups in total. The Morgan fingerprint density at radius 1 is 0.839 bits per heavy atom. The molecule has 3 rings (SSSR count). The van der Waals surface area contributed by atoms with Crippen molar-refractivity contribution in [3.63, 3.8) is 0 Å². The molecule has 0 aliphatic rings. The smallest absolute Gasteiger partial charge is 0.192 e. The van der Waals surface area contributed by atoms with Crippen LogP contribution in [0.1, 0.15) is 37.5 Å². The molecule has 3 aromatic carbocycles. The molecule has 0 bridgehead atoms. The Labute approximate surface area is 187 Å². The fourth-order valence-electron chi connectivity index (χ4n) is 3.07. The summed E-state index contributed by atoms with van der Waals surface area (Å²) in [4.78, 5) is 4.67. The maximum absolute atomic E-state index is 11.6. The molecule has 3 nitrogen and oxygen atoms in total. The van der Waals surface area contributed by atoms with Gasteiger partial charge in [-0.3, -0.25) is 4.99 Å². The molecule has 0 saturated carbocycles. The summed E-state index contributed by atoms with van der Waals surface area (Å²) in [5.74, 6) is 0. The van der Waals surface area contributed by atoms with Crippen molar-refractivity contribution in [3.05, 3.63) is 102 Å². The van der Waals surface area contributed by atoms with Gasteiger partial charge >= 0.3 is 0 Å². The summed E-state index contributed by atoms with van der Waals surface area (Å²) < 4.78 is 6.36. The summed E-state index contributed by atoms with van der Waals surface area (Å²) in [6, 6.07) is 27.3. The maximum atomic E-state index is 11.6. The number of aliphatic hydroxyl groups is 1. The van der Waals surface area contributed by atoms with Gasteiger partial charge in [0.15, 0.2) is 13.9 Å². The van der Waals surface area contributed by atoms with Gasteiger partial charge in [-0.1, -0.05) is 93.6 Å². The third-order valence-electron chi connectivity index (χ3n) is 6.14. The normalized spacial score (nSPS) is 13.0. The molecule has 0 spiro atoms. The summed E-state index contributed by atoms with van der Waals surface area (Å²) in [6.07, 6.45) is 1.63. The summed E-state index contributed by atoms with van der Waals surface area (Å²) in [6.45, 7) is 11.8. The molecule has 0 aliphatic carbocycles. The van der Waals surface area contributed by atoms with E-state index < -0.39 is 13.9 Å². The fourth-order valence-corrected chi connectivity index (χ4v) is 4.04. The Morgan fingerprint density at radius 2 is 1.39 bits per heavy atom. The lowest BCUT2D eigenvalue weighted by Gasteiger charge is -2.36. The molecular weight excluding hydrogens is 398 g/mol. The Bertz CT molecular complexity index is 969. The Kier molecular flexibility index (Phi) is 6.95. The monoisotopic (exact) mass is 431 g/mol. The van der Waals surface area contributed by atoms with Crippen LogP contribution in [0, 0.1) is 0 Å². The van der Waals surface area contributed by atoms with Crippen molar-refractivity contribution >= 4 is 20.2 Å². The third kappa shape index (κ3) is 5.59. The van der Waals surface area contributed by atoms with Crippen molar-refractivity contribution in [1.82, 2.24) is 0 Å². The van der Waals surface area contributed by atoms with Crippen LogP contribution in [0.25, 0.3) is 0 Å². The summed E-state index contributed by atoms with van der Waals surface area (Å²) in [5, 5.41) is 11.8. The Hall–Kier alpha value is -2.53. The second-order valence-electron chi connectivity index (χ2n) is 9.48. The first-order chi connectivity index (χ1) is 14.6. The van der Waals surface area contributed by atoms with Crippen molar-refractivity contribution in [2.24, 2.45) is 4.99 Å². The molecule has 162 valence electrons. The first kappa shape index (κ1) is 23.1. The van der Waals surface area contributed by atoms with Gasteiger partial charge in [0.25, 0.3) is 0 Å². The van der Waals surface area contributed by atoms with Gasteiger partial charge in [-0.05, 0) is 47.0 Å². The van der Waals surface area contributed by atoms with Crippen molar-refractivity contribution < 1.29 is 9.53 Å². The maximum Gasteiger partial charge on any atom is 0.192 e. The zero-order chi connectivity index (χ0) is 22.5. The van der Waals surface area contributed by atoms with Gasteiger partial charge in [0.1, 0.15) is 0 Å². The SMILES string of the molecule is CC(C)(C)[Si](C)(C)OCc1cccc(N=CC(O)(c2ccccc2)c2ccccc2)c1. The van der Waals surface area contributed by atoms with Gasteiger partial charge in [0, 0.05) is 6.21 Å². The summed E-state index contributed by atoms with van der Waals surface area (Å²) in [7, 11) is -1.82. The van der Waals surface area contributed by atoms with Crippen LogP contribution >= 0.6 is 0 Å². The molecule has 0 heterocycles. The first-order valence-electron chi connectivity index (χ1n) is 10.7. The molecule has 0 unspecified atom stereocenters. The zero-order valence-corrected chi connectivity index (χ0v) is 20.2. The highest BCUT2D eigenvalue weighted by atomic mass is 28.4. The van der Waals surface area contributed by atoms with Crippen LogP contribution in [0.3, 0.4) is 0 Å². The van der Waals surface area contributed by atoms with E-state index in [-0.39, 0.29) is 5.04 Å². The predicted molar refractivity (Wildman–Crippen MR) is 132 cm³/mol. The van der Waals surface area contributed by atoms with Crippen molar-refractivity contribution in [2.75, 3.05) is 0 Å². The van der Waals surface area contributed by atoms with Crippen LogP contribution < -0.4 is 0 Å². The van der Waals surface area contributed by atoms with Gasteiger partial charge in [-0.15, -0.1) is 0 Å². The average molecular weight is 432 g/mol. The van der Waals surface area contributed by atoms with E-state index in [0.29, 0.717) is 6.61 Å². The van der Waals surface area contributed by atoms with E-state index >= 15 is 0 Å². The van der Waals surface area contributed by atoms with Crippen LogP contribution in [0.2, 0.25) is 18.1 Å². The van der Waals surface area contributed by atoms with E-state index in [9.17, 15) is 5.11 Å². The molecule has 31 heavy (non-hydrogen) atoms.